The predicted octanol–water partition coefficient (Wildman–Crippen LogP) is 1.90. The Morgan fingerprint density at radius 1 is 0.857 bits per heavy atom. The number of morpholine rings is 2. The maximum absolute atomic E-state index is 5.44. The molecule has 4 aromatic rings. The summed E-state index contributed by atoms with van der Waals surface area (Å²) in [5, 5.41) is 12.6. The molecule has 0 spiro atoms. The SMILES string of the molecule is c1cc(N2CCOCC2)ccc1Nc1nc2cncc(-c3cnn(CCN4CCOCC4)c3)n2n1. The average molecular weight is 476 g/mol. The first-order valence-electron chi connectivity index (χ1n) is 12.1. The van der Waals surface area contributed by atoms with Crippen molar-refractivity contribution in [3.05, 3.63) is 49.1 Å². The van der Waals surface area contributed by atoms with Crippen LogP contribution in [-0.2, 0) is 16.0 Å². The van der Waals surface area contributed by atoms with Crippen LogP contribution in [0, 0.1) is 0 Å². The summed E-state index contributed by atoms with van der Waals surface area (Å²) >= 11 is 0. The minimum Gasteiger partial charge on any atom is -0.379 e. The maximum Gasteiger partial charge on any atom is 0.247 e. The number of nitrogens with zero attached hydrogens (tertiary/aromatic N) is 8. The fraction of sp³-hybridized carbons (Fsp3) is 0.417. The van der Waals surface area contributed by atoms with Gasteiger partial charge in [0.25, 0.3) is 0 Å². The van der Waals surface area contributed by atoms with Crippen LogP contribution in [0.15, 0.2) is 49.1 Å². The van der Waals surface area contributed by atoms with Crippen molar-refractivity contribution < 1.29 is 9.47 Å². The van der Waals surface area contributed by atoms with E-state index in [1.165, 1.54) is 5.69 Å². The number of aromatic nitrogens is 6. The van der Waals surface area contributed by atoms with Crippen molar-refractivity contribution in [1.82, 2.24) is 34.3 Å². The standard InChI is InChI=1S/C24H29N9O2/c1-3-21(31-9-13-35-14-10-31)4-2-20(1)27-24-28-23-17-25-16-22(33(23)29-24)19-15-26-32(18-19)6-5-30-7-11-34-12-8-30/h1-4,15-18H,5-14H2,(H,27,29). The van der Waals surface area contributed by atoms with E-state index < -0.39 is 0 Å². The van der Waals surface area contributed by atoms with Gasteiger partial charge in [-0.15, -0.1) is 5.10 Å². The van der Waals surface area contributed by atoms with Gasteiger partial charge in [0.2, 0.25) is 5.95 Å². The van der Waals surface area contributed by atoms with Gasteiger partial charge in [-0.25, -0.2) is 4.52 Å². The third kappa shape index (κ3) is 4.97. The smallest absolute Gasteiger partial charge is 0.247 e. The van der Waals surface area contributed by atoms with Gasteiger partial charge in [0.15, 0.2) is 5.65 Å². The number of anilines is 3. The molecule has 3 aromatic heterocycles. The molecule has 11 nitrogen and oxygen atoms in total. The van der Waals surface area contributed by atoms with Gasteiger partial charge in [-0.05, 0) is 24.3 Å². The molecule has 182 valence electrons. The largest absolute Gasteiger partial charge is 0.379 e. The summed E-state index contributed by atoms with van der Waals surface area (Å²) in [5.74, 6) is 0.526. The van der Waals surface area contributed by atoms with E-state index in [-0.39, 0.29) is 0 Å². The lowest BCUT2D eigenvalue weighted by molar-refractivity contribution is 0.0360. The van der Waals surface area contributed by atoms with Crippen molar-refractivity contribution in [1.29, 1.82) is 0 Å². The molecule has 1 N–H and O–H groups in total. The summed E-state index contributed by atoms with van der Waals surface area (Å²) in [6.07, 6.45) is 7.41. The molecule has 0 saturated carbocycles. The van der Waals surface area contributed by atoms with Gasteiger partial charge in [-0.1, -0.05) is 0 Å². The van der Waals surface area contributed by atoms with E-state index in [9.17, 15) is 0 Å². The zero-order valence-electron chi connectivity index (χ0n) is 19.6. The highest BCUT2D eigenvalue weighted by Gasteiger charge is 2.14. The Labute approximate surface area is 203 Å². The van der Waals surface area contributed by atoms with E-state index in [4.69, 9.17) is 14.6 Å². The Morgan fingerprint density at radius 2 is 1.63 bits per heavy atom. The quantitative estimate of drug-likeness (QED) is 0.430. The third-order valence-corrected chi connectivity index (χ3v) is 6.42. The number of fused-ring (bicyclic) bond motifs is 1. The van der Waals surface area contributed by atoms with Crippen LogP contribution in [0.2, 0.25) is 0 Å². The number of hydrogen-bond donors (Lipinski definition) is 1. The lowest BCUT2D eigenvalue weighted by Crippen LogP contribution is -2.38. The highest BCUT2D eigenvalue weighted by atomic mass is 16.5. The van der Waals surface area contributed by atoms with E-state index in [2.05, 4.69) is 42.3 Å². The van der Waals surface area contributed by atoms with Crippen molar-refractivity contribution in [2.45, 2.75) is 6.54 Å². The molecule has 0 aliphatic carbocycles. The van der Waals surface area contributed by atoms with Crippen molar-refractivity contribution >= 4 is 23.0 Å². The summed E-state index contributed by atoms with van der Waals surface area (Å²) in [6.45, 7) is 8.72. The van der Waals surface area contributed by atoms with Gasteiger partial charge in [-0.3, -0.25) is 14.6 Å². The lowest BCUT2D eigenvalue weighted by atomic mass is 10.2. The molecule has 2 aliphatic rings. The fourth-order valence-corrected chi connectivity index (χ4v) is 4.46. The van der Waals surface area contributed by atoms with Gasteiger partial charge in [0.1, 0.15) is 0 Å². The van der Waals surface area contributed by atoms with Gasteiger partial charge >= 0.3 is 0 Å². The maximum atomic E-state index is 5.44. The first-order chi connectivity index (χ1) is 17.3. The molecule has 0 radical (unpaired) electrons. The number of rotatable bonds is 7. The number of ether oxygens (including phenoxy) is 2. The van der Waals surface area contributed by atoms with Crippen LogP contribution < -0.4 is 10.2 Å². The summed E-state index contributed by atoms with van der Waals surface area (Å²) in [4.78, 5) is 13.7. The highest BCUT2D eigenvalue weighted by molar-refractivity contribution is 5.63. The molecular formula is C24H29N9O2. The zero-order valence-corrected chi connectivity index (χ0v) is 19.6. The third-order valence-electron chi connectivity index (χ3n) is 6.42. The second-order valence-corrected chi connectivity index (χ2v) is 8.72. The van der Waals surface area contributed by atoms with E-state index in [0.29, 0.717) is 11.6 Å². The number of benzene rings is 1. The summed E-state index contributed by atoms with van der Waals surface area (Å²) in [6, 6.07) is 8.33. The summed E-state index contributed by atoms with van der Waals surface area (Å²) < 4.78 is 14.6. The Bertz CT molecular complexity index is 1260. The van der Waals surface area contributed by atoms with E-state index in [1.807, 2.05) is 29.2 Å². The van der Waals surface area contributed by atoms with Crippen molar-refractivity contribution in [2.75, 3.05) is 69.4 Å². The Balaban J connectivity index is 1.16. The first kappa shape index (κ1) is 22.0. The van der Waals surface area contributed by atoms with Gasteiger partial charge in [0.05, 0.1) is 57.3 Å². The summed E-state index contributed by atoms with van der Waals surface area (Å²) in [5.41, 5.74) is 4.61. The minimum absolute atomic E-state index is 0.526. The Morgan fingerprint density at radius 3 is 2.43 bits per heavy atom. The van der Waals surface area contributed by atoms with Gasteiger partial charge in [-0.2, -0.15) is 10.1 Å². The molecule has 0 bridgehead atoms. The zero-order chi connectivity index (χ0) is 23.5. The first-order valence-corrected chi connectivity index (χ1v) is 12.1. The van der Waals surface area contributed by atoms with Crippen LogP contribution in [0.3, 0.4) is 0 Å². The number of hydrogen-bond acceptors (Lipinski definition) is 9. The molecule has 1 aromatic carbocycles. The molecule has 2 saturated heterocycles. The Kier molecular flexibility index (Phi) is 6.26. The van der Waals surface area contributed by atoms with E-state index in [0.717, 1.165) is 82.6 Å². The normalized spacial score (nSPS) is 17.2. The van der Waals surface area contributed by atoms with Crippen molar-refractivity contribution in [2.24, 2.45) is 0 Å². The van der Waals surface area contributed by atoms with Crippen LogP contribution in [0.1, 0.15) is 0 Å². The molecular weight excluding hydrogens is 446 g/mol. The van der Waals surface area contributed by atoms with Gasteiger partial charge < -0.3 is 19.7 Å². The van der Waals surface area contributed by atoms with E-state index in [1.54, 1.807) is 16.9 Å². The molecule has 6 rings (SSSR count). The molecule has 2 fully saturated rings. The van der Waals surface area contributed by atoms with E-state index >= 15 is 0 Å². The van der Waals surface area contributed by atoms with Crippen LogP contribution in [0.5, 0.6) is 0 Å². The molecule has 11 heteroatoms. The fourth-order valence-electron chi connectivity index (χ4n) is 4.46. The van der Waals surface area contributed by atoms with Crippen LogP contribution in [0.4, 0.5) is 17.3 Å². The monoisotopic (exact) mass is 475 g/mol. The van der Waals surface area contributed by atoms with Crippen LogP contribution in [-0.4, -0.2) is 93.4 Å². The second kappa shape index (κ2) is 9.98. The molecule has 0 atom stereocenters. The minimum atomic E-state index is 0.526. The molecule has 0 unspecified atom stereocenters. The summed E-state index contributed by atoms with van der Waals surface area (Å²) in [7, 11) is 0. The molecule has 5 heterocycles. The molecule has 35 heavy (non-hydrogen) atoms. The van der Waals surface area contributed by atoms with Crippen molar-refractivity contribution in [3.8, 4) is 11.3 Å². The lowest BCUT2D eigenvalue weighted by Gasteiger charge is -2.28. The number of nitrogens with one attached hydrogen (secondary N) is 1. The molecule has 0 amide bonds. The van der Waals surface area contributed by atoms with Gasteiger partial charge in [0, 0.05) is 55.9 Å². The topological polar surface area (TPSA) is 97.9 Å². The van der Waals surface area contributed by atoms with Crippen molar-refractivity contribution in [3.63, 3.8) is 0 Å². The average Bonchev–Trinajstić information content (AvgIpc) is 3.56. The highest BCUT2D eigenvalue weighted by Crippen LogP contribution is 2.23. The molecule has 2 aliphatic heterocycles. The predicted molar refractivity (Wildman–Crippen MR) is 132 cm³/mol. The van der Waals surface area contributed by atoms with Crippen LogP contribution >= 0.6 is 0 Å². The second-order valence-electron chi connectivity index (χ2n) is 8.72. The van der Waals surface area contributed by atoms with Crippen LogP contribution in [0.25, 0.3) is 16.9 Å². The Hall–Kier alpha value is -3.54.